The Hall–Kier alpha value is -3.13. The van der Waals surface area contributed by atoms with Crippen molar-refractivity contribution < 1.29 is 17.9 Å². The molecule has 4 N–H and O–H groups in total. The molecule has 2 aromatic carbocycles. The molecule has 6 nitrogen and oxygen atoms in total. The molecule has 0 spiro atoms. The summed E-state index contributed by atoms with van der Waals surface area (Å²) in [5, 5.41) is 12.0. The highest BCUT2D eigenvalue weighted by atomic mass is 32.1. The van der Waals surface area contributed by atoms with Crippen LogP contribution in [-0.2, 0) is 23.9 Å². The zero-order valence-electron chi connectivity index (χ0n) is 18.0. The fourth-order valence-corrected chi connectivity index (χ4v) is 4.38. The number of aryl methyl sites for hydroxylation is 1. The number of nitrogens with zero attached hydrogens (tertiary/aromatic N) is 2. The van der Waals surface area contributed by atoms with E-state index in [0.29, 0.717) is 24.7 Å². The third-order valence-electron chi connectivity index (χ3n) is 5.12. The molecule has 0 unspecified atom stereocenters. The van der Waals surface area contributed by atoms with Crippen LogP contribution in [-0.4, -0.2) is 34.9 Å². The summed E-state index contributed by atoms with van der Waals surface area (Å²) in [6.45, 7) is 2.69. The molecule has 4 rings (SSSR count). The van der Waals surface area contributed by atoms with E-state index in [2.05, 4.69) is 32.6 Å². The van der Waals surface area contributed by atoms with Gasteiger partial charge < -0.3 is 15.8 Å². The molecule has 0 saturated heterocycles. The number of methoxy groups -OCH3 is 1. The van der Waals surface area contributed by atoms with Crippen molar-refractivity contribution in [1.82, 2.24) is 15.2 Å². The number of H-pyrrole nitrogens is 1. The molecule has 4 aromatic rings. The molecule has 0 fully saturated rings. The quantitative estimate of drug-likeness (QED) is 0.344. The first-order valence-corrected chi connectivity index (χ1v) is 11.0. The minimum absolute atomic E-state index is 0.301. The predicted molar refractivity (Wildman–Crippen MR) is 122 cm³/mol. The average molecular weight is 474 g/mol. The summed E-state index contributed by atoms with van der Waals surface area (Å²) in [7, 11) is 1.61. The SMILES string of the molecule is COCc1nc(NC[C@@H](N)Cc2ccc(C(F)(F)F)cc2)sc1-c1c#cc2n[nH]c(C)c2c1. The van der Waals surface area contributed by atoms with Gasteiger partial charge in [-0.25, -0.2) is 4.98 Å². The van der Waals surface area contributed by atoms with E-state index < -0.39 is 11.7 Å². The molecule has 2 heterocycles. The van der Waals surface area contributed by atoms with Gasteiger partial charge >= 0.3 is 6.18 Å². The zero-order chi connectivity index (χ0) is 23.6. The van der Waals surface area contributed by atoms with Crippen molar-refractivity contribution in [3.63, 3.8) is 0 Å². The van der Waals surface area contributed by atoms with Crippen molar-refractivity contribution in [3.8, 4) is 10.4 Å². The fourth-order valence-electron chi connectivity index (χ4n) is 3.43. The van der Waals surface area contributed by atoms with Crippen LogP contribution in [0.3, 0.4) is 0 Å². The first-order valence-electron chi connectivity index (χ1n) is 10.2. The van der Waals surface area contributed by atoms with E-state index in [1.54, 1.807) is 7.11 Å². The number of nitrogens with two attached hydrogens (primary N) is 1. The number of aromatic nitrogens is 3. The number of hydrogen-bond donors (Lipinski definition) is 3. The topological polar surface area (TPSA) is 88.8 Å². The van der Waals surface area contributed by atoms with Crippen LogP contribution in [0.1, 0.15) is 22.5 Å². The molecule has 1 atom stereocenters. The number of hydrogen-bond acceptors (Lipinski definition) is 6. The maximum absolute atomic E-state index is 12.7. The number of thiazole rings is 1. The van der Waals surface area contributed by atoms with Crippen LogP contribution < -0.4 is 11.1 Å². The number of rotatable bonds is 8. The van der Waals surface area contributed by atoms with Gasteiger partial charge in [-0.1, -0.05) is 29.5 Å². The molecular weight excluding hydrogens is 451 g/mol. The van der Waals surface area contributed by atoms with E-state index in [-0.39, 0.29) is 6.04 Å². The van der Waals surface area contributed by atoms with Gasteiger partial charge in [-0.15, -0.1) is 0 Å². The highest BCUT2D eigenvalue weighted by molar-refractivity contribution is 7.19. The first kappa shape index (κ1) is 23.0. The average Bonchev–Trinajstić information content (AvgIpc) is 3.35. The lowest BCUT2D eigenvalue weighted by atomic mass is 10.0. The number of fused-ring (bicyclic) bond motifs is 1. The van der Waals surface area contributed by atoms with Crippen LogP contribution in [0.25, 0.3) is 21.3 Å². The molecule has 0 aliphatic carbocycles. The number of nitrogens with one attached hydrogen (secondary N) is 2. The summed E-state index contributed by atoms with van der Waals surface area (Å²) < 4.78 is 43.5. The van der Waals surface area contributed by atoms with Gasteiger partial charge in [-0.05, 0) is 43.2 Å². The molecule has 33 heavy (non-hydrogen) atoms. The van der Waals surface area contributed by atoms with Crippen LogP contribution in [0, 0.1) is 19.1 Å². The van der Waals surface area contributed by atoms with E-state index in [0.717, 1.165) is 50.4 Å². The molecule has 10 heteroatoms. The van der Waals surface area contributed by atoms with Crippen molar-refractivity contribution in [2.24, 2.45) is 5.73 Å². The lowest BCUT2D eigenvalue weighted by Gasteiger charge is -2.13. The van der Waals surface area contributed by atoms with Crippen molar-refractivity contribution in [2.75, 3.05) is 19.0 Å². The third-order valence-corrected chi connectivity index (χ3v) is 6.21. The Kier molecular flexibility index (Phi) is 6.56. The van der Waals surface area contributed by atoms with Crippen molar-refractivity contribution >= 4 is 27.4 Å². The van der Waals surface area contributed by atoms with E-state index in [1.807, 2.05) is 13.0 Å². The van der Waals surface area contributed by atoms with Gasteiger partial charge in [0.25, 0.3) is 0 Å². The molecule has 0 saturated carbocycles. The first-order chi connectivity index (χ1) is 15.7. The highest BCUT2D eigenvalue weighted by Gasteiger charge is 2.30. The van der Waals surface area contributed by atoms with Gasteiger partial charge in [0, 0.05) is 36.3 Å². The number of halogens is 3. The summed E-state index contributed by atoms with van der Waals surface area (Å²) in [6.07, 6.45) is -3.91. The summed E-state index contributed by atoms with van der Waals surface area (Å²) in [4.78, 5) is 5.54. The third kappa shape index (κ3) is 5.27. The molecule has 0 aliphatic heterocycles. The van der Waals surface area contributed by atoms with E-state index in [1.165, 1.54) is 23.5 Å². The van der Waals surface area contributed by atoms with Crippen LogP contribution in [0.2, 0.25) is 0 Å². The smallest absolute Gasteiger partial charge is 0.378 e. The van der Waals surface area contributed by atoms with Gasteiger partial charge in [0.1, 0.15) is 5.52 Å². The van der Waals surface area contributed by atoms with Crippen LogP contribution in [0.4, 0.5) is 18.3 Å². The zero-order valence-corrected chi connectivity index (χ0v) is 18.8. The summed E-state index contributed by atoms with van der Waals surface area (Å²) in [5.41, 5.74) is 9.56. The Morgan fingerprint density at radius 3 is 2.70 bits per heavy atom. The number of benzene rings is 1. The highest BCUT2D eigenvalue weighted by Crippen LogP contribution is 2.34. The number of ether oxygens (including phenoxy) is 1. The maximum Gasteiger partial charge on any atom is 0.416 e. The van der Waals surface area contributed by atoms with Crippen LogP contribution >= 0.6 is 11.3 Å². The van der Waals surface area contributed by atoms with Gasteiger partial charge in [-0.2, -0.15) is 18.3 Å². The molecule has 2 aromatic heterocycles. The van der Waals surface area contributed by atoms with Crippen molar-refractivity contribution in [1.29, 1.82) is 0 Å². The Balaban J connectivity index is 1.45. The normalized spacial score (nSPS) is 12.7. The molecular formula is C23H22F3N5OS. The second kappa shape index (κ2) is 9.39. The molecule has 0 amide bonds. The fraction of sp³-hybridized carbons (Fsp3) is 0.304. The van der Waals surface area contributed by atoms with Gasteiger partial charge in [0.15, 0.2) is 5.13 Å². The van der Waals surface area contributed by atoms with Crippen LogP contribution in [0.15, 0.2) is 30.3 Å². The summed E-state index contributed by atoms with van der Waals surface area (Å²) >= 11 is 1.46. The summed E-state index contributed by atoms with van der Waals surface area (Å²) in [6, 6.07) is 13.0. The lowest BCUT2D eigenvalue weighted by molar-refractivity contribution is -0.137. The predicted octanol–water partition coefficient (Wildman–Crippen LogP) is 4.74. The minimum Gasteiger partial charge on any atom is -0.378 e. The standard InChI is InChI=1S/C23H22F3N5OS/c1-13-18-10-15(5-8-19(18)31-30-13)21-20(12-32-2)29-22(33-21)28-11-17(27)9-14-3-6-16(7-4-14)23(24,25)26/h3-4,6-7,10,17H,9,11-12,27H2,1-2H3,(H,28,29)(H,30,31)/t17-/m0/s1. The second-order valence-electron chi connectivity index (χ2n) is 7.69. The Labute approximate surface area is 193 Å². The Morgan fingerprint density at radius 2 is 2.00 bits per heavy atom. The van der Waals surface area contributed by atoms with E-state index >= 15 is 0 Å². The van der Waals surface area contributed by atoms with Crippen molar-refractivity contribution in [3.05, 3.63) is 65.0 Å². The maximum atomic E-state index is 12.7. The Morgan fingerprint density at radius 1 is 1.24 bits per heavy atom. The molecule has 0 aliphatic rings. The van der Waals surface area contributed by atoms with E-state index in [9.17, 15) is 13.2 Å². The molecule has 0 radical (unpaired) electrons. The number of alkyl halides is 3. The summed E-state index contributed by atoms with van der Waals surface area (Å²) in [5.74, 6) is 0. The molecule has 0 bridgehead atoms. The van der Waals surface area contributed by atoms with Crippen LogP contribution in [0.5, 0.6) is 0 Å². The van der Waals surface area contributed by atoms with E-state index in [4.69, 9.17) is 10.5 Å². The lowest BCUT2D eigenvalue weighted by Crippen LogP contribution is -2.31. The van der Waals surface area contributed by atoms with Gasteiger partial charge in [-0.3, -0.25) is 5.10 Å². The molecule has 172 valence electrons. The van der Waals surface area contributed by atoms with Crippen molar-refractivity contribution in [2.45, 2.75) is 32.2 Å². The van der Waals surface area contributed by atoms with Gasteiger partial charge in [0.05, 0.1) is 22.7 Å². The monoisotopic (exact) mass is 473 g/mol. The second-order valence-corrected chi connectivity index (χ2v) is 8.69. The minimum atomic E-state index is -4.35. The van der Waals surface area contributed by atoms with Gasteiger partial charge in [0.2, 0.25) is 0 Å². The largest absolute Gasteiger partial charge is 0.416 e. The number of anilines is 1. The number of aromatic amines is 1. The Bertz CT molecular complexity index is 1230.